The van der Waals surface area contributed by atoms with Crippen molar-refractivity contribution < 1.29 is 13.5 Å². The fourth-order valence-electron chi connectivity index (χ4n) is 2.63. The van der Waals surface area contributed by atoms with Gasteiger partial charge < -0.3 is 10.5 Å². The summed E-state index contributed by atoms with van der Waals surface area (Å²) in [7, 11) is 1.34. The number of rotatable bonds is 2. The summed E-state index contributed by atoms with van der Waals surface area (Å²) < 4.78 is 32.5. The summed E-state index contributed by atoms with van der Waals surface area (Å²) in [6.45, 7) is 0. The molecule has 0 atom stereocenters. The number of methoxy groups -OCH3 is 1. The van der Waals surface area contributed by atoms with E-state index in [1.165, 1.54) is 7.11 Å². The van der Waals surface area contributed by atoms with E-state index < -0.39 is 17.2 Å². The highest BCUT2D eigenvalue weighted by Crippen LogP contribution is 2.41. The van der Waals surface area contributed by atoms with E-state index in [-0.39, 0.29) is 11.3 Å². The first-order chi connectivity index (χ1) is 8.08. The van der Waals surface area contributed by atoms with Crippen LogP contribution < -0.4 is 10.5 Å². The van der Waals surface area contributed by atoms with Gasteiger partial charge in [0.05, 0.1) is 12.7 Å². The van der Waals surface area contributed by atoms with Crippen molar-refractivity contribution in [2.45, 2.75) is 37.6 Å². The zero-order chi connectivity index (χ0) is 12.5. The Kier molecular flexibility index (Phi) is 3.33. The summed E-state index contributed by atoms with van der Waals surface area (Å²) in [5.74, 6) is -1.08. The van der Waals surface area contributed by atoms with Crippen molar-refractivity contribution in [3.63, 3.8) is 0 Å². The van der Waals surface area contributed by atoms with E-state index in [0.717, 1.165) is 31.4 Å². The Morgan fingerprint density at radius 1 is 1.12 bits per heavy atom. The minimum absolute atomic E-state index is 0.0469. The summed E-state index contributed by atoms with van der Waals surface area (Å²) in [6.07, 6.45) is 4.32. The minimum Gasteiger partial charge on any atom is -0.493 e. The second-order valence-corrected chi connectivity index (χ2v) is 4.65. The summed E-state index contributed by atoms with van der Waals surface area (Å²) >= 11 is 0. The van der Waals surface area contributed by atoms with E-state index in [9.17, 15) is 8.78 Å². The van der Waals surface area contributed by atoms with Crippen LogP contribution in [0.25, 0.3) is 0 Å². The largest absolute Gasteiger partial charge is 0.493 e. The smallest absolute Gasteiger partial charge is 0.165 e. The molecule has 0 radical (unpaired) electrons. The normalized spacial score (nSPS) is 19.1. The van der Waals surface area contributed by atoms with Crippen LogP contribution in [0.1, 0.15) is 37.7 Å². The zero-order valence-corrected chi connectivity index (χ0v) is 9.93. The van der Waals surface area contributed by atoms with Gasteiger partial charge in [-0.15, -0.1) is 0 Å². The van der Waals surface area contributed by atoms with Crippen LogP contribution in [0.4, 0.5) is 8.78 Å². The lowest BCUT2D eigenvalue weighted by Gasteiger charge is -2.35. The summed E-state index contributed by atoms with van der Waals surface area (Å²) in [4.78, 5) is 0. The molecular formula is C13H17F2NO. The van der Waals surface area contributed by atoms with Crippen LogP contribution in [0.3, 0.4) is 0 Å². The molecule has 0 saturated heterocycles. The lowest BCUT2D eigenvalue weighted by atomic mass is 9.77. The van der Waals surface area contributed by atoms with Gasteiger partial charge in [0.2, 0.25) is 0 Å². The Balaban J connectivity index is 2.52. The molecule has 0 aliphatic heterocycles. The molecular weight excluding hydrogens is 224 g/mol. The van der Waals surface area contributed by atoms with Crippen molar-refractivity contribution in [2.24, 2.45) is 5.73 Å². The van der Waals surface area contributed by atoms with Crippen LogP contribution in [0.2, 0.25) is 0 Å². The van der Waals surface area contributed by atoms with Crippen LogP contribution in [0.5, 0.6) is 5.75 Å². The van der Waals surface area contributed by atoms with Gasteiger partial charge in [-0.3, -0.25) is 0 Å². The standard InChI is InChI=1S/C13H17F2NO/c1-17-12-10(15)6-5-9(14)11(12)13(16)7-3-2-4-8-13/h5-6H,2-4,7-8,16H2,1H3. The quantitative estimate of drug-likeness (QED) is 0.863. The predicted octanol–water partition coefficient (Wildman–Crippen LogP) is 3.09. The van der Waals surface area contributed by atoms with E-state index in [1.807, 2.05) is 0 Å². The molecule has 2 rings (SSSR count). The van der Waals surface area contributed by atoms with Gasteiger partial charge in [-0.2, -0.15) is 0 Å². The van der Waals surface area contributed by atoms with Crippen LogP contribution in [-0.4, -0.2) is 7.11 Å². The Morgan fingerprint density at radius 3 is 2.29 bits per heavy atom. The Labute approximate surface area is 99.8 Å². The monoisotopic (exact) mass is 241 g/mol. The minimum atomic E-state index is -0.796. The number of hydrogen-bond donors (Lipinski definition) is 1. The third kappa shape index (κ3) is 2.14. The van der Waals surface area contributed by atoms with Crippen molar-refractivity contribution in [3.8, 4) is 5.75 Å². The van der Waals surface area contributed by atoms with Gasteiger partial charge in [-0.25, -0.2) is 8.78 Å². The molecule has 1 saturated carbocycles. The lowest BCUT2D eigenvalue weighted by molar-refractivity contribution is 0.274. The summed E-state index contributed by atoms with van der Waals surface area (Å²) in [5, 5.41) is 0. The van der Waals surface area contributed by atoms with Gasteiger partial charge in [-0.1, -0.05) is 19.3 Å². The highest BCUT2D eigenvalue weighted by atomic mass is 19.1. The maximum Gasteiger partial charge on any atom is 0.165 e. The molecule has 0 amide bonds. The molecule has 1 aliphatic rings. The molecule has 1 aromatic carbocycles. The lowest BCUT2D eigenvalue weighted by Crippen LogP contribution is -2.40. The van der Waals surface area contributed by atoms with Crippen LogP contribution in [0, 0.1) is 11.6 Å². The summed E-state index contributed by atoms with van der Waals surface area (Å²) in [6, 6.07) is 2.19. The van der Waals surface area contributed by atoms with E-state index in [0.29, 0.717) is 12.8 Å². The highest BCUT2D eigenvalue weighted by Gasteiger charge is 2.35. The van der Waals surface area contributed by atoms with Gasteiger partial charge in [0.1, 0.15) is 5.82 Å². The average molecular weight is 241 g/mol. The molecule has 0 bridgehead atoms. The second-order valence-electron chi connectivity index (χ2n) is 4.65. The fourth-order valence-corrected chi connectivity index (χ4v) is 2.63. The van der Waals surface area contributed by atoms with Gasteiger partial charge >= 0.3 is 0 Å². The molecule has 0 aromatic heterocycles. The molecule has 1 fully saturated rings. The number of nitrogens with two attached hydrogens (primary N) is 1. The number of halogens is 2. The molecule has 2 nitrogen and oxygen atoms in total. The maximum absolute atomic E-state index is 13.9. The first-order valence-electron chi connectivity index (χ1n) is 5.90. The predicted molar refractivity (Wildman–Crippen MR) is 61.9 cm³/mol. The van der Waals surface area contributed by atoms with Gasteiger partial charge in [0.15, 0.2) is 11.6 Å². The summed E-state index contributed by atoms with van der Waals surface area (Å²) in [5.41, 5.74) is 5.64. The Hall–Kier alpha value is -1.16. The second kappa shape index (κ2) is 4.61. The van der Waals surface area contributed by atoms with Gasteiger partial charge in [-0.05, 0) is 25.0 Å². The first kappa shape index (κ1) is 12.3. The molecule has 94 valence electrons. The number of hydrogen-bond acceptors (Lipinski definition) is 2. The highest BCUT2D eigenvalue weighted by molar-refractivity contribution is 5.41. The number of benzene rings is 1. The van der Waals surface area contributed by atoms with E-state index in [2.05, 4.69) is 0 Å². The van der Waals surface area contributed by atoms with Crippen LogP contribution in [0.15, 0.2) is 12.1 Å². The fraction of sp³-hybridized carbons (Fsp3) is 0.538. The van der Waals surface area contributed by atoms with Crippen LogP contribution >= 0.6 is 0 Å². The van der Waals surface area contributed by atoms with Gasteiger partial charge in [0.25, 0.3) is 0 Å². The molecule has 17 heavy (non-hydrogen) atoms. The van der Waals surface area contributed by atoms with Crippen molar-refractivity contribution >= 4 is 0 Å². The molecule has 0 spiro atoms. The SMILES string of the molecule is COc1c(F)ccc(F)c1C1(N)CCCCC1. The topological polar surface area (TPSA) is 35.2 Å². The van der Waals surface area contributed by atoms with Crippen molar-refractivity contribution in [1.82, 2.24) is 0 Å². The Bertz CT molecular complexity index is 414. The van der Waals surface area contributed by atoms with E-state index in [4.69, 9.17) is 10.5 Å². The molecule has 1 aromatic rings. The van der Waals surface area contributed by atoms with Crippen molar-refractivity contribution in [1.29, 1.82) is 0 Å². The number of ether oxygens (including phenoxy) is 1. The molecule has 0 heterocycles. The van der Waals surface area contributed by atoms with E-state index >= 15 is 0 Å². The van der Waals surface area contributed by atoms with Crippen molar-refractivity contribution in [3.05, 3.63) is 29.3 Å². The third-order valence-electron chi connectivity index (χ3n) is 3.51. The van der Waals surface area contributed by atoms with E-state index in [1.54, 1.807) is 0 Å². The molecule has 4 heteroatoms. The molecule has 0 unspecified atom stereocenters. The van der Waals surface area contributed by atoms with Crippen molar-refractivity contribution in [2.75, 3.05) is 7.11 Å². The van der Waals surface area contributed by atoms with Crippen LogP contribution in [-0.2, 0) is 5.54 Å². The average Bonchev–Trinajstić information content (AvgIpc) is 2.32. The maximum atomic E-state index is 13.9. The first-order valence-corrected chi connectivity index (χ1v) is 5.90. The van der Waals surface area contributed by atoms with Gasteiger partial charge in [0, 0.05) is 5.54 Å². The zero-order valence-electron chi connectivity index (χ0n) is 9.93. The molecule has 1 aliphatic carbocycles. The Morgan fingerprint density at radius 2 is 1.71 bits per heavy atom. The third-order valence-corrected chi connectivity index (χ3v) is 3.51. The molecule has 2 N–H and O–H groups in total.